The van der Waals surface area contributed by atoms with Crippen LogP contribution in [0.25, 0.3) is 0 Å². The number of anilines is 2. The molecule has 0 bridgehead atoms. The molecule has 0 amide bonds. The molecule has 0 aromatic heterocycles. The predicted octanol–water partition coefficient (Wildman–Crippen LogP) is 4.49. The van der Waals surface area contributed by atoms with E-state index in [0.717, 1.165) is 5.69 Å². The molecular formula is C13H11Cl3N2O2S. The molecule has 4 nitrogen and oxygen atoms in total. The Balaban J connectivity index is 2.34. The standard InChI is InChI=1S/C13H11Cl3N2O2S/c1-17-8-2-4-9(5-3-8)21(19,20)18-13-7-11(15)10(14)6-12(13)16/h2-7,17-18H,1H3. The normalized spacial score (nSPS) is 11.2. The van der Waals surface area contributed by atoms with E-state index in [1.165, 1.54) is 24.3 Å². The molecule has 0 fully saturated rings. The summed E-state index contributed by atoms with van der Waals surface area (Å²) in [5.74, 6) is 0. The van der Waals surface area contributed by atoms with Crippen LogP contribution in [0.1, 0.15) is 0 Å². The predicted molar refractivity (Wildman–Crippen MR) is 88.3 cm³/mol. The first-order valence-corrected chi connectivity index (χ1v) is 8.40. The molecule has 0 aliphatic rings. The highest BCUT2D eigenvalue weighted by Crippen LogP contribution is 2.33. The molecule has 2 aromatic carbocycles. The molecule has 0 atom stereocenters. The summed E-state index contributed by atoms with van der Waals surface area (Å²) in [6.45, 7) is 0. The van der Waals surface area contributed by atoms with Crippen LogP contribution in [-0.2, 0) is 10.0 Å². The van der Waals surface area contributed by atoms with E-state index in [4.69, 9.17) is 34.8 Å². The van der Waals surface area contributed by atoms with Crippen molar-refractivity contribution in [3.63, 3.8) is 0 Å². The van der Waals surface area contributed by atoms with Crippen molar-refractivity contribution in [3.8, 4) is 0 Å². The van der Waals surface area contributed by atoms with Gasteiger partial charge in [0.1, 0.15) is 0 Å². The van der Waals surface area contributed by atoms with Gasteiger partial charge in [0.25, 0.3) is 10.0 Å². The van der Waals surface area contributed by atoms with E-state index >= 15 is 0 Å². The maximum atomic E-state index is 12.3. The number of benzene rings is 2. The zero-order valence-corrected chi connectivity index (χ0v) is 13.9. The van der Waals surface area contributed by atoms with E-state index in [-0.39, 0.29) is 25.7 Å². The highest BCUT2D eigenvalue weighted by Gasteiger charge is 2.16. The van der Waals surface area contributed by atoms with Crippen LogP contribution in [0.3, 0.4) is 0 Å². The lowest BCUT2D eigenvalue weighted by Gasteiger charge is -2.11. The second-order valence-corrected chi connectivity index (χ2v) is 7.03. The summed E-state index contributed by atoms with van der Waals surface area (Å²) in [6.07, 6.45) is 0. The fraction of sp³-hybridized carbons (Fsp3) is 0.0769. The minimum absolute atomic E-state index is 0.114. The van der Waals surface area contributed by atoms with Gasteiger partial charge < -0.3 is 5.32 Å². The first-order valence-electron chi connectivity index (χ1n) is 5.78. The molecule has 0 aliphatic carbocycles. The summed E-state index contributed by atoms with van der Waals surface area (Å²) in [6, 6.07) is 9.04. The Morgan fingerprint density at radius 1 is 0.905 bits per heavy atom. The average molecular weight is 366 g/mol. The Kier molecular flexibility index (Phi) is 4.88. The maximum absolute atomic E-state index is 12.3. The number of hydrogen-bond acceptors (Lipinski definition) is 3. The van der Waals surface area contributed by atoms with Crippen molar-refractivity contribution in [3.05, 3.63) is 51.5 Å². The van der Waals surface area contributed by atoms with Gasteiger partial charge in [-0.15, -0.1) is 0 Å². The molecule has 112 valence electrons. The Labute approximate surface area is 138 Å². The van der Waals surface area contributed by atoms with Crippen LogP contribution in [0.2, 0.25) is 15.1 Å². The average Bonchev–Trinajstić information content (AvgIpc) is 2.44. The number of halogens is 3. The van der Waals surface area contributed by atoms with Gasteiger partial charge in [-0.3, -0.25) is 4.72 Å². The molecule has 0 heterocycles. The molecule has 0 unspecified atom stereocenters. The molecule has 0 aliphatic heterocycles. The first kappa shape index (κ1) is 16.2. The molecule has 0 saturated carbocycles. The zero-order chi connectivity index (χ0) is 15.6. The SMILES string of the molecule is CNc1ccc(S(=O)(=O)Nc2cc(Cl)c(Cl)cc2Cl)cc1. The van der Waals surface area contributed by atoms with Gasteiger partial charge in [-0.2, -0.15) is 0 Å². The molecule has 2 aromatic rings. The van der Waals surface area contributed by atoms with Crippen LogP contribution >= 0.6 is 34.8 Å². The van der Waals surface area contributed by atoms with Crippen molar-refractivity contribution in [1.29, 1.82) is 0 Å². The minimum Gasteiger partial charge on any atom is -0.388 e. The van der Waals surface area contributed by atoms with E-state index in [1.54, 1.807) is 19.2 Å². The van der Waals surface area contributed by atoms with E-state index in [2.05, 4.69) is 10.0 Å². The van der Waals surface area contributed by atoms with Crippen LogP contribution in [-0.4, -0.2) is 15.5 Å². The summed E-state index contributed by atoms with van der Waals surface area (Å²) in [5, 5.41) is 3.54. The fourth-order valence-electron chi connectivity index (χ4n) is 1.61. The van der Waals surface area contributed by atoms with E-state index in [9.17, 15) is 8.42 Å². The van der Waals surface area contributed by atoms with Gasteiger partial charge >= 0.3 is 0 Å². The van der Waals surface area contributed by atoms with Crippen molar-refractivity contribution in [2.45, 2.75) is 4.90 Å². The van der Waals surface area contributed by atoms with Crippen molar-refractivity contribution >= 4 is 56.2 Å². The van der Waals surface area contributed by atoms with E-state index in [0.29, 0.717) is 0 Å². The molecule has 0 radical (unpaired) electrons. The van der Waals surface area contributed by atoms with Gasteiger partial charge in [0.2, 0.25) is 0 Å². The zero-order valence-electron chi connectivity index (χ0n) is 10.8. The maximum Gasteiger partial charge on any atom is 0.261 e. The monoisotopic (exact) mass is 364 g/mol. The van der Waals surface area contributed by atoms with Crippen LogP contribution in [0.5, 0.6) is 0 Å². The van der Waals surface area contributed by atoms with Gasteiger partial charge in [-0.05, 0) is 36.4 Å². The van der Waals surface area contributed by atoms with Crippen molar-refractivity contribution in [1.82, 2.24) is 0 Å². The lowest BCUT2D eigenvalue weighted by Crippen LogP contribution is -2.13. The van der Waals surface area contributed by atoms with Crippen molar-refractivity contribution < 1.29 is 8.42 Å². The second-order valence-electron chi connectivity index (χ2n) is 4.13. The summed E-state index contributed by atoms with van der Waals surface area (Å²) >= 11 is 17.6. The molecule has 2 rings (SSSR count). The fourth-order valence-corrected chi connectivity index (χ4v) is 3.33. The largest absolute Gasteiger partial charge is 0.388 e. The highest BCUT2D eigenvalue weighted by molar-refractivity contribution is 7.92. The third kappa shape index (κ3) is 3.74. The van der Waals surface area contributed by atoms with E-state index < -0.39 is 10.0 Å². The smallest absolute Gasteiger partial charge is 0.261 e. The minimum atomic E-state index is -3.75. The summed E-state index contributed by atoms with van der Waals surface area (Å²) < 4.78 is 27.0. The summed E-state index contributed by atoms with van der Waals surface area (Å²) in [4.78, 5) is 0.114. The molecule has 0 spiro atoms. The van der Waals surface area contributed by atoms with E-state index in [1.807, 2.05) is 0 Å². The Morgan fingerprint density at radius 2 is 1.48 bits per heavy atom. The number of sulfonamides is 1. The van der Waals surface area contributed by atoms with Crippen LogP contribution in [0, 0.1) is 0 Å². The summed E-state index contributed by atoms with van der Waals surface area (Å²) in [5.41, 5.74) is 0.977. The van der Waals surface area contributed by atoms with Gasteiger partial charge in [0.15, 0.2) is 0 Å². The molecular weight excluding hydrogens is 355 g/mol. The van der Waals surface area contributed by atoms with Crippen LogP contribution < -0.4 is 10.0 Å². The Bertz CT molecular complexity index is 762. The molecule has 8 heteroatoms. The summed E-state index contributed by atoms with van der Waals surface area (Å²) in [7, 11) is -2.01. The van der Waals surface area contributed by atoms with Crippen molar-refractivity contribution in [2.24, 2.45) is 0 Å². The molecule has 2 N–H and O–H groups in total. The Morgan fingerprint density at radius 3 is 2.05 bits per heavy atom. The third-order valence-electron chi connectivity index (χ3n) is 2.71. The molecule has 21 heavy (non-hydrogen) atoms. The second kappa shape index (κ2) is 6.32. The molecule has 0 saturated heterocycles. The first-order chi connectivity index (χ1) is 9.83. The highest BCUT2D eigenvalue weighted by atomic mass is 35.5. The van der Waals surface area contributed by atoms with Crippen LogP contribution in [0.4, 0.5) is 11.4 Å². The van der Waals surface area contributed by atoms with Gasteiger partial charge in [-0.25, -0.2) is 8.42 Å². The lowest BCUT2D eigenvalue weighted by atomic mass is 10.3. The number of nitrogens with one attached hydrogen (secondary N) is 2. The topological polar surface area (TPSA) is 58.2 Å². The van der Waals surface area contributed by atoms with Crippen LogP contribution in [0.15, 0.2) is 41.3 Å². The van der Waals surface area contributed by atoms with Gasteiger partial charge in [-0.1, -0.05) is 34.8 Å². The number of rotatable bonds is 4. The third-order valence-corrected chi connectivity index (χ3v) is 5.12. The number of hydrogen-bond donors (Lipinski definition) is 2. The van der Waals surface area contributed by atoms with Gasteiger partial charge in [0, 0.05) is 12.7 Å². The lowest BCUT2D eigenvalue weighted by molar-refractivity contribution is 0.601. The van der Waals surface area contributed by atoms with Crippen molar-refractivity contribution in [2.75, 3.05) is 17.1 Å². The van der Waals surface area contributed by atoms with Gasteiger partial charge in [0.05, 0.1) is 25.7 Å². The Hall–Kier alpha value is -1.14. The quantitative estimate of drug-likeness (QED) is 0.785.